The molecule has 0 radical (unpaired) electrons. The molecule has 1 heterocycles. The van der Waals surface area contributed by atoms with Gasteiger partial charge in [-0.1, -0.05) is 12.1 Å². The fourth-order valence-electron chi connectivity index (χ4n) is 3.47. The molecule has 6 nitrogen and oxygen atoms in total. The van der Waals surface area contributed by atoms with Gasteiger partial charge in [0.05, 0.1) is 28.8 Å². The molecule has 2 N–H and O–H groups in total. The van der Waals surface area contributed by atoms with Crippen molar-refractivity contribution < 1.29 is 27.9 Å². The van der Waals surface area contributed by atoms with E-state index in [1.54, 1.807) is 12.1 Å². The third-order valence-electron chi connectivity index (χ3n) is 4.71. The van der Waals surface area contributed by atoms with E-state index >= 15 is 0 Å². The minimum Gasteiger partial charge on any atom is -0.494 e. The second kappa shape index (κ2) is 8.25. The number of alkyl halides is 3. The minimum absolute atomic E-state index is 0.140. The lowest BCUT2D eigenvalue weighted by Gasteiger charge is -2.11. The van der Waals surface area contributed by atoms with Gasteiger partial charge in [0.15, 0.2) is 0 Å². The fourth-order valence-corrected chi connectivity index (χ4v) is 3.47. The van der Waals surface area contributed by atoms with Gasteiger partial charge in [-0.25, -0.2) is 5.43 Å². The molecule has 0 spiro atoms. The summed E-state index contributed by atoms with van der Waals surface area (Å²) < 4.78 is 41.4. The van der Waals surface area contributed by atoms with Crippen LogP contribution < -0.4 is 5.43 Å². The predicted molar refractivity (Wildman–Crippen MR) is 110 cm³/mol. The number of fused-ring (bicyclic) bond motifs is 1. The number of aromatic nitrogens is 1. The number of aromatic hydroxyl groups is 1. The zero-order valence-electron chi connectivity index (χ0n) is 17.0. The molecule has 0 saturated carbocycles. The highest BCUT2D eigenvalue weighted by Crippen LogP contribution is 2.39. The predicted octanol–water partition coefficient (Wildman–Crippen LogP) is 4.40. The van der Waals surface area contributed by atoms with Gasteiger partial charge in [0.1, 0.15) is 6.29 Å². The summed E-state index contributed by atoms with van der Waals surface area (Å²) in [6, 6.07) is 8.55. The van der Waals surface area contributed by atoms with Crippen molar-refractivity contribution in [3.05, 3.63) is 58.7 Å². The van der Waals surface area contributed by atoms with Crippen LogP contribution in [-0.2, 0) is 15.8 Å². The number of carbonyl (C=O) groups excluding carboxylic acids is 2. The first-order valence-electron chi connectivity index (χ1n) is 9.33. The highest BCUT2D eigenvalue weighted by atomic mass is 19.4. The fraction of sp³-hybridized carbons (Fsp3) is 0.227. The molecule has 3 aromatic rings. The molecule has 162 valence electrons. The Balaban J connectivity index is 2.29. The van der Waals surface area contributed by atoms with Gasteiger partial charge in [0, 0.05) is 11.1 Å². The Morgan fingerprint density at radius 3 is 2.39 bits per heavy atom. The number of nitrogens with one attached hydrogen (secondary N) is 1. The van der Waals surface area contributed by atoms with E-state index < -0.39 is 17.6 Å². The lowest BCUT2D eigenvalue weighted by molar-refractivity contribution is -0.137. The molecule has 0 aliphatic carbocycles. The summed E-state index contributed by atoms with van der Waals surface area (Å²) in [7, 11) is 0. The molecular formula is C22H20F3N3O3. The Bertz CT molecular complexity index is 1190. The van der Waals surface area contributed by atoms with Crippen molar-refractivity contribution >= 4 is 28.8 Å². The Kier molecular flexibility index (Phi) is 5.88. The molecule has 3 rings (SSSR count). The zero-order chi connectivity index (χ0) is 22.9. The normalized spacial score (nSPS) is 12.3. The van der Waals surface area contributed by atoms with Crippen LogP contribution in [0.2, 0.25) is 0 Å². The summed E-state index contributed by atoms with van der Waals surface area (Å²) >= 11 is 0. The minimum atomic E-state index is -4.56. The third kappa shape index (κ3) is 4.45. The van der Waals surface area contributed by atoms with E-state index in [0.29, 0.717) is 17.4 Å². The number of hydrogen-bond acceptors (Lipinski definition) is 4. The summed E-state index contributed by atoms with van der Waals surface area (Å²) in [6.45, 7) is 5.19. The van der Waals surface area contributed by atoms with Crippen LogP contribution in [0.1, 0.15) is 35.6 Å². The van der Waals surface area contributed by atoms with Crippen molar-refractivity contribution in [2.45, 2.75) is 33.4 Å². The summed E-state index contributed by atoms with van der Waals surface area (Å²) in [5.74, 6) is -0.962. The lowest BCUT2D eigenvalue weighted by atomic mass is 10.1. The monoisotopic (exact) mass is 431 g/mol. The van der Waals surface area contributed by atoms with E-state index in [1.807, 2.05) is 19.9 Å². The number of rotatable bonds is 5. The number of carbonyl (C=O) groups is 2. The van der Waals surface area contributed by atoms with Gasteiger partial charge in [-0.3, -0.25) is 9.36 Å². The van der Waals surface area contributed by atoms with E-state index in [-0.39, 0.29) is 29.1 Å². The van der Waals surface area contributed by atoms with Crippen LogP contribution in [-0.4, -0.2) is 27.6 Å². The lowest BCUT2D eigenvalue weighted by Crippen LogP contribution is -2.19. The maximum Gasteiger partial charge on any atom is 0.416 e. The topological polar surface area (TPSA) is 83.7 Å². The Morgan fingerprint density at radius 1 is 1.16 bits per heavy atom. The maximum atomic E-state index is 13.4. The van der Waals surface area contributed by atoms with Crippen LogP contribution in [0.4, 0.5) is 13.2 Å². The van der Waals surface area contributed by atoms with Crippen LogP contribution in [0.15, 0.2) is 41.5 Å². The summed E-state index contributed by atoms with van der Waals surface area (Å²) in [5, 5.41) is 15.2. The van der Waals surface area contributed by atoms with Gasteiger partial charge in [-0.2, -0.15) is 18.3 Å². The number of aryl methyl sites for hydroxylation is 2. The summed E-state index contributed by atoms with van der Waals surface area (Å²) in [6.07, 6.45) is -4.53. The summed E-state index contributed by atoms with van der Waals surface area (Å²) in [4.78, 5) is 22.0. The molecule has 0 unspecified atom stereocenters. The highest BCUT2D eigenvalue weighted by Gasteiger charge is 2.32. The van der Waals surface area contributed by atoms with E-state index in [9.17, 15) is 27.9 Å². The van der Waals surface area contributed by atoms with Crippen molar-refractivity contribution in [3.63, 3.8) is 0 Å². The number of hydrogen-bond donors (Lipinski definition) is 2. The first-order chi connectivity index (χ1) is 14.5. The Morgan fingerprint density at radius 2 is 1.81 bits per heavy atom. The molecule has 1 aromatic heterocycles. The number of benzene rings is 2. The Hall–Kier alpha value is -3.62. The average Bonchev–Trinajstić information content (AvgIpc) is 2.96. The SMILES string of the molecule is CC(=NNC(=O)CC=O)c1c(O)n(-c2cc(C)cc(C)c2)c2cc(C(F)(F)F)ccc12. The van der Waals surface area contributed by atoms with Crippen molar-refractivity contribution in [2.24, 2.45) is 5.10 Å². The van der Waals surface area contributed by atoms with Gasteiger partial charge < -0.3 is 9.90 Å². The maximum absolute atomic E-state index is 13.4. The first kappa shape index (κ1) is 22.1. The van der Waals surface area contributed by atoms with E-state index in [2.05, 4.69) is 10.5 Å². The molecule has 0 bridgehead atoms. The van der Waals surface area contributed by atoms with Crippen LogP contribution in [0.25, 0.3) is 16.6 Å². The smallest absolute Gasteiger partial charge is 0.416 e. The number of halogens is 3. The molecule has 0 fully saturated rings. The molecule has 0 saturated heterocycles. The molecule has 2 aromatic carbocycles. The van der Waals surface area contributed by atoms with E-state index in [4.69, 9.17) is 0 Å². The standard InChI is InChI=1S/C22H20F3N3O3/c1-12-8-13(2)10-16(9-12)28-18-11-15(22(23,24)25)4-5-17(18)20(21(28)31)14(3)26-27-19(30)6-7-29/h4-5,7-11,31H,6H2,1-3H3,(H,27,30). The molecule has 31 heavy (non-hydrogen) atoms. The van der Waals surface area contributed by atoms with Crippen LogP contribution >= 0.6 is 0 Å². The molecular weight excluding hydrogens is 411 g/mol. The highest BCUT2D eigenvalue weighted by molar-refractivity contribution is 6.13. The number of hydrazone groups is 1. The molecule has 1 amide bonds. The zero-order valence-corrected chi connectivity index (χ0v) is 17.0. The van der Waals surface area contributed by atoms with Crippen molar-refractivity contribution in [2.75, 3.05) is 0 Å². The van der Waals surface area contributed by atoms with Gasteiger partial charge >= 0.3 is 6.18 Å². The largest absolute Gasteiger partial charge is 0.494 e. The number of aldehydes is 1. The second-order valence-corrected chi connectivity index (χ2v) is 7.21. The van der Waals surface area contributed by atoms with Gasteiger partial charge in [-0.05, 0) is 56.2 Å². The molecule has 0 aliphatic heterocycles. The van der Waals surface area contributed by atoms with Gasteiger partial charge in [0.2, 0.25) is 11.8 Å². The quantitative estimate of drug-likeness (QED) is 0.272. The van der Waals surface area contributed by atoms with Gasteiger partial charge in [0.25, 0.3) is 0 Å². The molecule has 9 heteroatoms. The number of nitrogens with zero attached hydrogens (tertiary/aromatic N) is 2. The second-order valence-electron chi connectivity index (χ2n) is 7.21. The van der Waals surface area contributed by atoms with Crippen LogP contribution in [0.3, 0.4) is 0 Å². The molecule has 0 atom stereocenters. The number of amides is 1. The van der Waals surface area contributed by atoms with Crippen LogP contribution in [0, 0.1) is 13.8 Å². The van der Waals surface area contributed by atoms with Crippen molar-refractivity contribution in [3.8, 4) is 11.6 Å². The third-order valence-corrected chi connectivity index (χ3v) is 4.71. The Labute approximate surface area is 176 Å². The van der Waals surface area contributed by atoms with E-state index in [1.165, 1.54) is 17.6 Å². The summed E-state index contributed by atoms with van der Waals surface area (Å²) in [5.41, 5.74) is 4.05. The molecule has 0 aliphatic rings. The average molecular weight is 431 g/mol. The van der Waals surface area contributed by atoms with E-state index in [0.717, 1.165) is 23.3 Å². The van der Waals surface area contributed by atoms with Crippen molar-refractivity contribution in [1.82, 2.24) is 9.99 Å². The van der Waals surface area contributed by atoms with Crippen LogP contribution in [0.5, 0.6) is 5.88 Å². The first-order valence-corrected chi connectivity index (χ1v) is 9.33. The van der Waals surface area contributed by atoms with Gasteiger partial charge in [-0.15, -0.1) is 0 Å². The van der Waals surface area contributed by atoms with Crippen molar-refractivity contribution in [1.29, 1.82) is 0 Å².